The van der Waals surface area contributed by atoms with Crippen molar-refractivity contribution in [1.82, 2.24) is 5.32 Å². The molecular weight excluding hydrogens is 419 g/mol. The Bertz CT molecular complexity index is 934. The van der Waals surface area contributed by atoms with Gasteiger partial charge < -0.3 is 9.47 Å². The summed E-state index contributed by atoms with van der Waals surface area (Å²) < 4.78 is 50.1. The molecule has 0 unspecified atom stereocenters. The first kappa shape index (κ1) is 23.7. The van der Waals surface area contributed by atoms with Crippen LogP contribution in [0.2, 0.25) is 0 Å². The van der Waals surface area contributed by atoms with E-state index in [0.717, 1.165) is 17.7 Å². The van der Waals surface area contributed by atoms with Crippen molar-refractivity contribution >= 4 is 6.09 Å². The van der Waals surface area contributed by atoms with Gasteiger partial charge >= 0.3 is 12.3 Å². The maximum Gasteiger partial charge on any atom is 0.416 e. The van der Waals surface area contributed by atoms with E-state index in [9.17, 15) is 18.0 Å². The second-order valence-electron chi connectivity index (χ2n) is 8.95. The molecule has 1 aliphatic rings. The fourth-order valence-electron chi connectivity index (χ4n) is 3.70. The van der Waals surface area contributed by atoms with E-state index in [4.69, 9.17) is 9.47 Å². The molecule has 1 amide bonds. The van der Waals surface area contributed by atoms with Crippen LogP contribution >= 0.6 is 0 Å². The first-order valence-corrected chi connectivity index (χ1v) is 10.5. The zero-order chi connectivity index (χ0) is 23.4. The van der Waals surface area contributed by atoms with E-state index in [-0.39, 0.29) is 5.92 Å². The lowest BCUT2D eigenvalue weighted by molar-refractivity contribution is -0.137. The Kier molecular flexibility index (Phi) is 6.86. The molecule has 1 aliphatic heterocycles. The maximum absolute atomic E-state index is 12.9. The van der Waals surface area contributed by atoms with Crippen LogP contribution < -0.4 is 5.32 Å². The highest BCUT2D eigenvalue weighted by Gasteiger charge is 2.44. The SMILES string of the molecule is CC(C)(C)OC(=O)N[C@@]1(CCc2ccccc2)OC=C[C@H]1Cc1ccc(C(F)(F)F)cc1. The number of benzene rings is 2. The van der Waals surface area contributed by atoms with Crippen molar-refractivity contribution in [2.24, 2.45) is 5.92 Å². The third-order valence-electron chi connectivity index (χ3n) is 5.27. The van der Waals surface area contributed by atoms with Crippen molar-refractivity contribution in [3.63, 3.8) is 0 Å². The Hall–Kier alpha value is -2.96. The lowest BCUT2D eigenvalue weighted by Crippen LogP contribution is -2.54. The summed E-state index contributed by atoms with van der Waals surface area (Å²) in [6, 6.07) is 14.9. The van der Waals surface area contributed by atoms with Crippen LogP contribution in [-0.4, -0.2) is 17.4 Å². The summed E-state index contributed by atoms with van der Waals surface area (Å²) in [4.78, 5) is 12.6. The van der Waals surface area contributed by atoms with Gasteiger partial charge in [0.2, 0.25) is 0 Å². The predicted molar refractivity (Wildman–Crippen MR) is 116 cm³/mol. The minimum Gasteiger partial charge on any atom is -0.475 e. The summed E-state index contributed by atoms with van der Waals surface area (Å²) >= 11 is 0. The Morgan fingerprint density at radius 2 is 1.69 bits per heavy atom. The first-order valence-electron chi connectivity index (χ1n) is 10.5. The zero-order valence-electron chi connectivity index (χ0n) is 18.4. The van der Waals surface area contributed by atoms with Crippen LogP contribution in [0.25, 0.3) is 0 Å². The largest absolute Gasteiger partial charge is 0.475 e. The molecule has 0 aromatic heterocycles. The summed E-state index contributed by atoms with van der Waals surface area (Å²) in [5, 5.41) is 2.90. The van der Waals surface area contributed by atoms with Gasteiger partial charge in [-0.1, -0.05) is 42.5 Å². The smallest absolute Gasteiger partial charge is 0.416 e. The van der Waals surface area contributed by atoms with Gasteiger partial charge in [0.05, 0.1) is 11.8 Å². The highest BCUT2D eigenvalue weighted by atomic mass is 19.4. The van der Waals surface area contributed by atoms with E-state index in [1.165, 1.54) is 18.4 Å². The zero-order valence-corrected chi connectivity index (χ0v) is 18.4. The molecule has 2 aromatic rings. The van der Waals surface area contributed by atoms with Crippen LogP contribution in [0.5, 0.6) is 0 Å². The second-order valence-corrected chi connectivity index (χ2v) is 8.95. The Labute approximate surface area is 186 Å². The average Bonchev–Trinajstić information content (AvgIpc) is 3.07. The summed E-state index contributed by atoms with van der Waals surface area (Å²) in [5.74, 6) is -0.282. The van der Waals surface area contributed by atoms with Crippen molar-refractivity contribution in [3.05, 3.63) is 83.6 Å². The Morgan fingerprint density at radius 1 is 1.03 bits per heavy atom. The summed E-state index contributed by atoms with van der Waals surface area (Å²) in [6.45, 7) is 5.32. The molecule has 2 atom stereocenters. The number of hydrogen-bond acceptors (Lipinski definition) is 3. The van der Waals surface area contributed by atoms with Gasteiger partial charge in [-0.25, -0.2) is 4.79 Å². The molecule has 32 heavy (non-hydrogen) atoms. The van der Waals surface area contributed by atoms with E-state index < -0.39 is 29.2 Å². The molecule has 0 spiro atoms. The number of halogens is 3. The molecule has 172 valence electrons. The molecule has 4 nitrogen and oxygen atoms in total. The van der Waals surface area contributed by atoms with Crippen molar-refractivity contribution in [2.75, 3.05) is 0 Å². The van der Waals surface area contributed by atoms with Crippen LogP contribution in [0.3, 0.4) is 0 Å². The quantitative estimate of drug-likeness (QED) is 0.568. The number of alkyl halides is 3. The highest BCUT2D eigenvalue weighted by Crippen LogP contribution is 2.36. The highest BCUT2D eigenvalue weighted by molar-refractivity contribution is 5.68. The maximum atomic E-state index is 12.9. The standard InChI is InChI=1S/C25H28F3NO3/c1-23(2,3)32-22(30)29-24(15-13-18-7-5-4-6-8-18)21(14-16-31-24)17-19-9-11-20(12-10-19)25(26,27)28/h4-12,14,16,21H,13,15,17H2,1-3H3,(H,29,30)/t21-,24-/m0/s1. The lowest BCUT2D eigenvalue weighted by Gasteiger charge is -2.36. The number of rotatable bonds is 6. The second kappa shape index (κ2) is 9.27. The monoisotopic (exact) mass is 447 g/mol. The lowest BCUT2D eigenvalue weighted by atomic mass is 9.86. The van der Waals surface area contributed by atoms with Crippen LogP contribution in [0.15, 0.2) is 66.9 Å². The molecule has 7 heteroatoms. The van der Waals surface area contributed by atoms with Crippen LogP contribution in [0.4, 0.5) is 18.0 Å². The van der Waals surface area contributed by atoms with Gasteiger partial charge in [0.25, 0.3) is 0 Å². The molecule has 1 heterocycles. The number of carbonyl (C=O) groups is 1. The molecule has 0 bridgehead atoms. The van der Waals surface area contributed by atoms with E-state index in [2.05, 4.69) is 5.32 Å². The average molecular weight is 447 g/mol. The Balaban J connectivity index is 1.80. The van der Waals surface area contributed by atoms with Gasteiger partial charge in [-0.3, -0.25) is 5.32 Å². The molecule has 1 N–H and O–H groups in total. The van der Waals surface area contributed by atoms with Gasteiger partial charge in [0.15, 0.2) is 5.72 Å². The third kappa shape index (κ3) is 6.28. The van der Waals surface area contributed by atoms with Gasteiger partial charge in [-0.05, 0) is 62.9 Å². The number of alkyl carbamates (subject to hydrolysis) is 1. The third-order valence-corrected chi connectivity index (χ3v) is 5.27. The predicted octanol–water partition coefficient (Wildman–Crippen LogP) is 6.26. The molecule has 0 aliphatic carbocycles. The molecule has 0 radical (unpaired) electrons. The van der Waals surface area contributed by atoms with Gasteiger partial charge in [-0.15, -0.1) is 0 Å². The molecular formula is C25H28F3NO3. The van der Waals surface area contributed by atoms with E-state index in [1.807, 2.05) is 36.4 Å². The number of hydrogen-bond donors (Lipinski definition) is 1. The topological polar surface area (TPSA) is 47.6 Å². The minimum atomic E-state index is -4.38. The number of amides is 1. The molecule has 0 saturated heterocycles. The number of nitrogens with one attached hydrogen (secondary N) is 1. The number of aryl methyl sites for hydroxylation is 1. The van der Waals surface area contributed by atoms with E-state index >= 15 is 0 Å². The van der Waals surface area contributed by atoms with Gasteiger partial charge in [0.1, 0.15) is 5.60 Å². The van der Waals surface area contributed by atoms with Crippen molar-refractivity contribution in [3.8, 4) is 0 Å². The molecule has 2 aromatic carbocycles. The van der Waals surface area contributed by atoms with Crippen molar-refractivity contribution < 1.29 is 27.4 Å². The van der Waals surface area contributed by atoms with Crippen LogP contribution in [0, 0.1) is 5.92 Å². The minimum absolute atomic E-state index is 0.282. The normalized spacial score (nSPS) is 20.6. The molecule has 0 fully saturated rings. The summed E-state index contributed by atoms with van der Waals surface area (Å²) in [5.41, 5.74) is -0.642. The van der Waals surface area contributed by atoms with E-state index in [1.54, 1.807) is 20.8 Å². The van der Waals surface area contributed by atoms with E-state index in [0.29, 0.717) is 24.8 Å². The van der Waals surface area contributed by atoms with Crippen LogP contribution in [0.1, 0.15) is 43.9 Å². The van der Waals surface area contributed by atoms with Crippen molar-refractivity contribution in [1.29, 1.82) is 0 Å². The molecule has 0 saturated carbocycles. The summed E-state index contributed by atoms with van der Waals surface area (Å²) in [7, 11) is 0. The van der Waals surface area contributed by atoms with Crippen molar-refractivity contribution in [2.45, 2.75) is 57.5 Å². The van der Waals surface area contributed by atoms with Gasteiger partial charge in [-0.2, -0.15) is 13.2 Å². The summed E-state index contributed by atoms with van der Waals surface area (Å²) in [6.07, 6.45) is -0.106. The Morgan fingerprint density at radius 3 is 2.28 bits per heavy atom. The molecule has 3 rings (SSSR count). The number of ether oxygens (including phenoxy) is 2. The number of carbonyl (C=O) groups excluding carboxylic acids is 1. The fraction of sp³-hybridized carbons (Fsp3) is 0.400. The first-order chi connectivity index (χ1) is 15.0. The van der Waals surface area contributed by atoms with Crippen LogP contribution in [-0.2, 0) is 28.5 Å². The fourth-order valence-corrected chi connectivity index (χ4v) is 3.70. The van der Waals surface area contributed by atoms with Gasteiger partial charge in [0, 0.05) is 12.3 Å².